The first kappa shape index (κ1) is 21.7. The maximum atomic E-state index is 12.9. The predicted octanol–water partition coefficient (Wildman–Crippen LogP) is 3.11. The molecular formula is C23H34N2O4. The number of ether oxygens (including phenoxy) is 3. The lowest BCUT2D eigenvalue weighted by Crippen LogP contribution is -2.52. The van der Waals surface area contributed by atoms with Crippen LogP contribution in [-0.2, 0) is 9.53 Å². The molecule has 6 nitrogen and oxygen atoms in total. The van der Waals surface area contributed by atoms with Gasteiger partial charge in [0.15, 0.2) is 11.5 Å². The van der Waals surface area contributed by atoms with Gasteiger partial charge in [-0.15, -0.1) is 0 Å². The minimum Gasteiger partial charge on any atom is -0.490 e. The predicted molar refractivity (Wildman–Crippen MR) is 114 cm³/mol. The first-order valence-corrected chi connectivity index (χ1v) is 10.9. The topological polar surface area (TPSA) is 60.0 Å². The van der Waals surface area contributed by atoms with E-state index in [0.717, 1.165) is 50.5 Å². The van der Waals surface area contributed by atoms with Crippen LogP contribution in [0.15, 0.2) is 23.8 Å². The molecule has 6 heteroatoms. The smallest absolute Gasteiger partial charge is 0.250 e. The normalized spacial score (nSPS) is 17.9. The molecular weight excluding hydrogens is 368 g/mol. The fraction of sp³-hybridized carbons (Fsp3) is 0.609. The third-order valence-electron chi connectivity index (χ3n) is 5.88. The fourth-order valence-corrected chi connectivity index (χ4v) is 4.23. The highest BCUT2D eigenvalue weighted by Gasteiger charge is 2.28. The van der Waals surface area contributed by atoms with Crippen molar-refractivity contribution in [2.24, 2.45) is 5.92 Å². The van der Waals surface area contributed by atoms with E-state index in [9.17, 15) is 4.79 Å². The number of fused-ring (bicyclic) bond motifs is 1. The van der Waals surface area contributed by atoms with Crippen molar-refractivity contribution >= 4 is 12.0 Å². The number of nitrogens with zero attached hydrogens (tertiary/aromatic N) is 1. The molecule has 0 radical (unpaired) electrons. The highest BCUT2D eigenvalue weighted by molar-refractivity contribution is 5.99. The first-order chi connectivity index (χ1) is 14.2. The molecule has 1 unspecified atom stereocenters. The largest absolute Gasteiger partial charge is 0.490 e. The summed E-state index contributed by atoms with van der Waals surface area (Å²) in [5.74, 6) is 1.94. The molecule has 0 aromatic heterocycles. The average Bonchev–Trinajstić information content (AvgIpc) is 2.77. The Morgan fingerprint density at radius 1 is 1.21 bits per heavy atom. The zero-order chi connectivity index (χ0) is 20.6. The Hall–Kier alpha value is -2.05. The second-order valence-electron chi connectivity index (χ2n) is 7.57. The Bertz CT molecular complexity index is 709. The minimum atomic E-state index is -0.0540. The Morgan fingerprint density at radius 2 is 1.97 bits per heavy atom. The molecule has 0 spiro atoms. The van der Waals surface area contributed by atoms with E-state index >= 15 is 0 Å². The molecule has 1 saturated heterocycles. The van der Waals surface area contributed by atoms with Crippen LogP contribution in [0.1, 0.15) is 39.2 Å². The van der Waals surface area contributed by atoms with E-state index in [1.165, 1.54) is 0 Å². The van der Waals surface area contributed by atoms with Gasteiger partial charge >= 0.3 is 0 Å². The van der Waals surface area contributed by atoms with E-state index < -0.39 is 0 Å². The van der Waals surface area contributed by atoms with Gasteiger partial charge in [0.2, 0.25) is 0 Å². The van der Waals surface area contributed by atoms with Gasteiger partial charge in [0.25, 0.3) is 5.91 Å². The number of benzene rings is 1. The molecule has 0 saturated carbocycles. The summed E-state index contributed by atoms with van der Waals surface area (Å²) in [5.41, 5.74) is 1.54. The molecule has 3 rings (SSSR count). The lowest BCUT2D eigenvalue weighted by molar-refractivity contribution is -0.118. The summed E-state index contributed by atoms with van der Waals surface area (Å²) in [4.78, 5) is 15.3. The number of rotatable bonds is 9. The van der Waals surface area contributed by atoms with E-state index in [2.05, 4.69) is 24.1 Å². The minimum absolute atomic E-state index is 0.0540. The van der Waals surface area contributed by atoms with Crippen molar-refractivity contribution in [3.8, 4) is 11.5 Å². The van der Waals surface area contributed by atoms with Crippen LogP contribution < -0.4 is 14.8 Å². The van der Waals surface area contributed by atoms with Crippen LogP contribution in [0.4, 0.5) is 0 Å². The van der Waals surface area contributed by atoms with E-state index in [1.807, 2.05) is 31.2 Å². The zero-order valence-electron chi connectivity index (χ0n) is 17.9. The van der Waals surface area contributed by atoms with E-state index in [1.54, 1.807) is 0 Å². The molecule has 2 aliphatic rings. The van der Waals surface area contributed by atoms with Gasteiger partial charge in [0.05, 0.1) is 25.4 Å². The molecule has 1 N–H and O–H groups in total. The van der Waals surface area contributed by atoms with E-state index in [4.69, 9.17) is 14.2 Å². The summed E-state index contributed by atoms with van der Waals surface area (Å²) in [6, 6.07) is 6.10. The SMILES string of the molecule is CCOc1cccc2c1OCC(C(=O)NCC(C(CC)CC)N1CCOCC1)=C2. The number of para-hydroxylation sites is 1. The van der Waals surface area contributed by atoms with Crippen molar-refractivity contribution < 1.29 is 19.0 Å². The van der Waals surface area contributed by atoms with Crippen molar-refractivity contribution in [1.29, 1.82) is 0 Å². The van der Waals surface area contributed by atoms with E-state index in [-0.39, 0.29) is 12.5 Å². The van der Waals surface area contributed by atoms with Crippen LogP contribution in [0.5, 0.6) is 11.5 Å². The zero-order valence-corrected chi connectivity index (χ0v) is 17.9. The molecule has 1 atom stereocenters. The van der Waals surface area contributed by atoms with Crippen LogP contribution in [0, 0.1) is 5.92 Å². The number of morpholine rings is 1. The van der Waals surface area contributed by atoms with Crippen molar-refractivity contribution in [2.45, 2.75) is 39.7 Å². The van der Waals surface area contributed by atoms with Crippen LogP contribution in [0.3, 0.4) is 0 Å². The van der Waals surface area contributed by atoms with Crippen molar-refractivity contribution in [3.05, 3.63) is 29.3 Å². The summed E-state index contributed by atoms with van der Waals surface area (Å²) in [7, 11) is 0. The maximum absolute atomic E-state index is 12.9. The third-order valence-corrected chi connectivity index (χ3v) is 5.88. The molecule has 2 aliphatic heterocycles. The average molecular weight is 403 g/mol. The van der Waals surface area contributed by atoms with Gasteiger partial charge in [-0.1, -0.05) is 38.8 Å². The number of carbonyl (C=O) groups is 1. The summed E-state index contributed by atoms with van der Waals surface area (Å²) in [6.45, 7) is 11.3. The Kier molecular flexibility index (Phi) is 7.95. The van der Waals surface area contributed by atoms with Gasteiger partial charge in [-0.2, -0.15) is 0 Å². The first-order valence-electron chi connectivity index (χ1n) is 10.9. The van der Waals surface area contributed by atoms with Gasteiger partial charge in [-0.05, 0) is 25.0 Å². The van der Waals surface area contributed by atoms with Gasteiger partial charge in [-0.25, -0.2) is 0 Å². The lowest BCUT2D eigenvalue weighted by Gasteiger charge is -2.38. The molecule has 29 heavy (non-hydrogen) atoms. The molecule has 160 valence electrons. The van der Waals surface area contributed by atoms with Crippen molar-refractivity contribution in [3.63, 3.8) is 0 Å². The van der Waals surface area contributed by atoms with Crippen molar-refractivity contribution in [2.75, 3.05) is 46.1 Å². The molecule has 0 aliphatic carbocycles. The summed E-state index contributed by atoms with van der Waals surface area (Å²) >= 11 is 0. The highest BCUT2D eigenvalue weighted by atomic mass is 16.5. The van der Waals surface area contributed by atoms with Gasteiger partial charge < -0.3 is 19.5 Å². The number of hydrogen-bond acceptors (Lipinski definition) is 5. The van der Waals surface area contributed by atoms with Gasteiger partial charge in [0, 0.05) is 31.2 Å². The quantitative estimate of drug-likeness (QED) is 0.688. The van der Waals surface area contributed by atoms with Gasteiger partial charge in [-0.3, -0.25) is 9.69 Å². The number of nitrogens with one attached hydrogen (secondary N) is 1. The van der Waals surface area contributed by atoms with Crippen molar-refractivity contribution in [1.82, 2.24) is 10.2 Å². The van der Waals surface area contributed by atoms with Crippen LogP contribution >= 0.6 is 0 Å². The van der Waals surface area contributed by atoms with Gasteiger partial charge in [0.1, 0.15) is 6.61 Å². The van der Waals surface area contributed by atoms with E-state index in [0.29, 0.717) is 36.4 Å². The third kappa shape index (κ3) is 5.31. The molecule has 2 heterocycles. The Morgan fingerprint density at radius 3 is 2.66 bits per heavy atom. The molecule has 1 aromatic rings. The summed E-state index contributed by atoms with van der Waals surface area (Å²) in [6.07, 6.45) is 4.12. The maximum Gasteiger partial charge on any atom is 0.250 e. The lowest BCUT2D eigenvalue weighted by atomic mass is 9.92. The summed E-state index contributed by atoms with van der Waals surface area (Å²) in [5, 5.41) is 3.17. The molecule has 1 amide bonds. The number of hydrogen-bond donors (Lipinski definition) is 1. The molecule has 1 fully saturated rings. The van der Waals surface area contributed by atoms with Crippen LogP contribution in [-0.4, -0.2) is 62.9 Å². The summed E-state index contributed by atoms with van der Waals surface area (Å²) < 4.78 is 17.0. The molecule has 0 bridgehead atoms. The van der Waals surface area contributed by atoms with Crippen LogP contribution in [0.25, 0.3) is 6.08 Å². The second kappa shape index (κ2) is 10.6. The molecule has 1 aromatic carbocycles. The monoisotopic (exact) mass is 402 g/mol. The Labute approximate surface area is 174 Å². The standard InChI is InChI=1S/C23H34N2O4/c1-4-17(5-2)20(25-10-12-27-13-11-25)15-24-23(26)19-14-18-8-7-9-21(28-6-3)22(18)29-16-19/h7-9,14,17,20H,4-6,10-13,15-16H2,1-3H3,(H,24,26). The number of amides is 1. The number of carbonyl (C=O) groups excluding carboxylic acids is 1. The Balaban J connectivity index is 1.67. The van der Waals surface area contributed by atoms with Crippen LogP contribution in [0.2, 0.25) is 0 Å². The highest BCUT2D eigenvalue weighted by Crippen LogP contribution is 2.35. The fourth-order valence-electron chi connectivity index (χ4n) is 4.23. The second-order valence-corrected chi connectivity index (χ2v) is 7.57.